The fourth-order valence-electron chi connectivity index (χ4n) is 2.00. The molecule has 15 heavy (non-hydrogen) atoms. The molecule has 0 aliphatic carbocycles. The summed E-state index contributed by atoms with van der Waals surface area (Å²) in [7, 11) is 1.60. The molecular formula is C12H16FNO. The highest BCUT2D eigenvalue weighted by molar-refractivity contribution is 5.39. The summed E-state index contributed by atoms with van der Waals surface area (Å²) in [5, 5.41) is 3.22. The van der Waals surface area contributed by atoms with Gasteiger partial charge in [0.05, 0.1) is 7.11 Å². The van der Waals surface area contributed by atoms with Gasteiger partial charge in [-0.05, 0) is 43.1 Å². The van der Waals surface area contributed by atoms with E-state index < -0.39 is 5.67 Å². The molecule has 2 rings (SSSR count). The minimum absolute atomic E-state index is 0.507. The maximum atomic E-state index is 14.3. The Morgan fingerprint density at radius 3 is 3.00 bits per heavy atom. The molecule has 0 spiro atoms. The Bertz CT molecular complexity index is 363. The van der Waals surface area contributed by atoms with E-state index in [2.05, 4.69) is 5.32 Å². The first-order valence-corrected chi connectivity index (χ1v) is 5.20. The highest BCUT2D eigenvalue weighted by atomic mass is 19.1. The van der Waals surface area contributed by atoms with Crippen LogP contribution in [0.1, 0.15) is 24.5 Å². The van der Waals surface area contributed by atoms with Crippen LogP contribution in [0.3, 0.4) is 0 Å². The Balaban J connectivity index is 2.48. The second-order valence-electron chi connectivity index (χ2n) is 4.15. The van der Waals surface area contributed by atoms with Crippen molar-refractivity contribution in [1.29, 1.82) is 0 Å². The molecule has 0 amide bonds. The van der Waals surface area contributed by atoms with Crippen molar-refractivity contribution >= 4 is 0 Å². The molecule has 2 nitrogen and oxygen atoms in total. The molecule has 1 heterocycles. The Kier molecular flexibility index (Phi) is 2.65. The Hall–Kier alpha value is -1.09. The Morgan fingerprint density at radius 2 is 2.27 bits per heavy atom. The van der Waals surface area contributed by atoms with Gasteiger partial charge in [0.25, 0.3) is 0 Å². The molecule has 1 atom stereocenters. The summed E-state index contributed by atoms with van der Waals surface area (Å²) in [4.78, 5) is 0. The summed E-state index contributed by atoms with van der Waals surface area (Å²) in [5.74, 6) is 0.722. The molecule has 1 aromatic rings. The molecular weight excluding hydrogens is 193 g/mol. The lowest BCUT2D eigenvalue weighted by Gasteiger charge is -2.21. The summed E-state index contributed by atoms with van der Waals surface area (Å²) in [6.07, 6.45) is 0.507. The van der Waals surface area contributed by atoms with E-state index in [0.717, 1.165) is 23.4 Å². The van der Waals surface area contributed by atoms with E-state index in [1.807, 2.05) is 18.2 Å². The van der Waals surface area contributed by atoms with Gasteiger partial charge in [0.2, 0.25) is 0 Å². The molecule has 1 N–H and O–H groups in total. The molecule has 1 aromatic carbocycles. The highest BCUT2D eigenvalue weighted by Crippen LogP contribution is 2.35. The van der Waals surface area contributed by atoms with Gasteiger partial charge in [0.15, 0.2) is 0 Å². The summed E-state index contributed by atoms with van der Waals surface area (Å²) >= 11 is 0. The Labute approximate surface area is 89.4 Å². The average Bonchev–Trinajstić information content (AvgIpc) is 2.37. The predicted molar refractivity (Wildman–Crippen MR) is 57.8 cm³/mol. The second kappa shape index (κ2) is 3.81. The van der Waals surface area contributed by atoms with Gasteiger partial charge in [0.1, 0.15) is 11.4 Å². The fraction of sp³-hybridized carbons (Fsp3) is 0.500. The van der Waals surface area contributed by atoms with Gasteiger partial charge in [0, 0.05) is 6.54 Å². The average molecular weight is 209 g/mol. The summed E-state index contributed by atoms with van der Waals surface area (Å²) < 4.78 is 19.5. The van der Waals surface area contributed by atoms with Crippen molar-refractivity contribution in [1.82, 2.24) is 5.32 Å². The van der Waals surface area contributed by atoms with Crippen LogP contribution in [-0.2, 0) is 12.2 Å². The van der Waals surface area contributed by atoms with E-state index in [-0.39, 0.29) is 0 Å². The number of ether oxygens (including phenoxy) is 1. The maximum Gasteiger partial charge on any atom is 0.134 e. The molecule has 1 unspecified atom stereocenters. The number of rotatable bonds is 1. The standard InChI is InChI=1S/C12H16FNO/c1-12(13)5-6-14-8-9-3-4-10(15-2)7-11(9)12/h3-4,7,14H,5-6,8H2,1-2H3. The number of halogens is 1. The SMILES string of the molecule is COc1ccc2c(c1)C(C)(F)CCNC2. The third kappa shape index (κ3) is 1.97. The number of benzene rings is 1. The van der Waals surface area contributed by atoms with Crippen molar-refractivity contribution in [2.24, 2.45) is 0 Å². The minimum Gasteiger partial charge on any atom is -0.497 e. The zero-order chi connectivity index (χ0) is 10.9. The van der Waals surface area contributed by atoms with Crippen molar-refractivity contribution < 1.29 is 9.13 Å². The smallest absolute Gasteiger partial charge is 0.134 e. The summed E-state index contributed by atoms with van der Waals surface area (Å²) in [5.41, 5.74) is 0.526. The lowest BCUT2D eigenvalue weighted by Crippen LogP contribution is -2.18. The van der Waals surface area contributed by atoms with Crippen LogP contribution >= 0.6 is 0 Å². The summed E-state index contributed by atoms with van der Waals surface area (Å²) in [6.45, 7) is 3.08. The van der Waals surface area contributed by atoms with E-state index in [4.69, 9.17) is 4.74 Å². The van der Waals surface area contributed by atoms with Gasteiger partial charge in [-0.25, -0.2) is 4.39 Å². The van der Waals surface area contributed by atoms with Gasteiger partial charge in [-0.3, -0.25) is 0 Å². The fourth-order valence-corrected chi connectivity index (χ4v) is 2.00. The van der Waals surface area contributed by atoms with Crippen LogP contribution in [0.5, 0.6) is 5.75 Å². The zero-order valence-electron chi connectivity index (χ0n) is 9.14. The molecule has 0 aromatic heterocycles. The number of fused-ring (bicyclic) bond motifs is 1. The van der Waals surface area contributed by atoms with Gasteiger partial charge in [-0.2, -0.15) is 0 Å². The maximum absolute atomic E-state index is 14.3. The molecule has 0 saturated carbocycles. The molecule has 0 saturated heterocycles. The topological polar surface area (TPSA) is 21.3 Å². The number of hydrogen-bond acceptors (Lipinski definition) is 2. The minimum atomic E-state index is -1.26. The van der Waals surface area contributed by atoms with E-state index in [1.54, 1.807) is 14.0 Å². The van der Waals surface area contributed by atoms with Crippen LogP contribution in [0.2, 0.25) is 0 Å². The van der Waals surface area contributed by atoms with Crippen LogP contribution in [-0.4, -0.2) is 13.7 Å². The number of nitrogens with one attached hydrogen (secondary N) is 1. The third-order valence-electron chi connectivity index (χ3n) is 2.97. The molecule has 3 heteroatoms. The molecule has 0 bridgehead atoms. The molecule has 0 fully saturated rings. The first-order valence-electron chi connectivity index (χ1n) is 5.20. The third-order valence-corrected chi connectivity index (χ3v) is 2.97. The molecule has 82 valence electrons. The quantitative estimate of drug-likeness (QED) is 0.766. The van der Waals surface area contributed by atoms with Crippen molar-refractivity contribution in [3.8, 4) is 5.75 Å². The van der Waals surface area contributed by atoms with Crippen LogP contribution in [0.25, 0.3) is 0 Å². The number of methoxy groups -OCH3 is 1. The lowest BCUT2D eigenvalue weighted by molar-refractivity contribution is 0.180. The van der Waals surface area contributed by atoms with Crippen LogP contribution in [0, 0.1) is 0 Å². The van der Waals surface area contributed by atoms with Gasteiger partial charge >= 0.3 is 0 Å². The van der Waals surface area contributed by atoms with Crippen LogP contribution in [0.4, 0.5) is 4.39 Å². The van der Waals surface area contributed by atoms with E-state index in [0.29, 0.717) is 13.0 Å². The molecule has 1 aliphatic rings. The van der Waals surface area contributed by atoms with Gasteiger partial charge in [-0.15, -0.1) is 0 Å². The Morgan fingerprint density at radius 1 is 1.47 bits per heavy atom. The second-order valence-corrected chi connectivity index (χ2v) is 4.15. The van der Waals surface area contributed by atoms with E-state index in [9.17, 15) is 4.39 Å². The highest BCUT2D eigenvalue weighted by Gasteiger charge is 2.30. The number of alkyl halides is 1. The monoisotopic (exact) mass is 209 g/mol. The van der Waals surface area contributed by atoms with Gasteiger partial charge in [-0.1, -0.05) is 6.07 Å². The van der Waals surface area contributed by atoms with E-state index in [1.165, 1.54) is 0 Å². The number of hydrogen-bond donors (Lipinski definition) is 1. The van der Waals surface area contributed by atoms with Gasteiger partial charge < -0.3 is 10.1 Å². The van der Waals surface area contributed by atoms with Crippen molar-refractivity contribution in [3.63, 3.8) is 0 Å². The first-order chi connectivity index (χ1) is 7.13. The molecule has 1 aliphatic heterocycles. The lowest BCUT2D eigenvalue weighted by atomic mass is 9.91. The van der Waals surface area contributed by atoms with Crippen molar-refractivity contribution in [2.75, 3.05) is 13.7 Å². The van der Waals surface area contributed by atoms with Crippen molar-refractivity contribution in [3.05, 3.63) is 29.3 Å². The van der Waals surface area contributed by atoms with Crippen LogP contribution < -0.4 is 10.1 Å². The van der Waals surface area contributed by atoms with E-state index >= 15 is 0 Å². The molecule has 0 radical (unpaired) electrons. The van der Waals surface area contributed by atoms with Crippen LogP contribution in [0.15, 0.2) is 18.2 Å². The summed E-state index contributed by atoms with van der Waals surface area (Å²) in [6, 6.07) is 5.62. The predicted octanol–water partition coefficient (Wildman–Crippen LogP) is 2.37. The van der Waals surface area contributed by atoms with Crippen molar-refractivity contribution in [2.45, 2.75) is 25.6 Å². The normalized spacial score (nSPS) is 25.5. The zero-order valence-corrected chi connectivity index (χ0v) is 9.14. The largest absolute Gasteiger partial charge is 0.497 e. The first kappa shape index (κ1) is 10.4.